The Balaban J connectivity index is 1.66. The lowest BCUT2D eigenvalue weighted by molar-refractivity contribution is -0.118. The van der Waals surface area contributed by atoms with E-state index in [0.29, 0.717) is 10.8 Å². The van der Waals surface area contributed by atoms with Crippen LogP contribution in [0.15, 0.2) is 48.5 Å². The molecule has 1 amide bonds. The first-order valence-electron chi connectivity index (χ1n) is 8.24. The van der Waals surface area contributed by atoms with Crippen LogP contribution in [0, 0.1) is 0 Å². The lowest BCUT2D eigenvalue weighted by atomic mass is 10.1. The second kappa shape index (κ2) is 8.06. The minimum Gasteiger partial charge on any atom is -0.484 e. The molecule has 3 rings (SSSR count). The maximum absolute atomic E-state index is 12.2. The first-order valence-corrected chi connectivity index (χ1v) is 8.62. The van der Waals surface area contributed by atoms with Gasteiger partial charge in [-0.1, -0.05) is 29.8 Å². The van der Waals surface area contributed by atoms with Gasteiger partial charge in [0.15, 0.2) is 6.61 Å². The Labute approximate surface area is 147 Å². The molecule has 4 nitrogen and oxygen atoms in total. The van der Waals surface area contributed by atoms with Crippen LogP contribution in [0.25, 0.3) is 0 Å². The van der Waals surface area contributed by atoms with Crippen LogP contribution in [-0.4, -0.2) is 25.6 Å². The quantitative estimate of drug-likeness (QED) is 0.876. The number of halogens is 1. The summed E-state index contributed by atoms with van der Waals surface area (Å²) in [4.78, 5) is 14.5. The molecular formula is C19H21ClN2O2. The van der Waals surface area contributed by atoms with E-state index in [0.717, 1.165) is 24.5 Å². The number of nitrogens with one attached hydrogen (secondary N) is 1. The number of hydrogen-bond donors (Lipinski definition) is 1. The van der Waals surface area contributed by atoms with Gasteiger partial charge in [0.25, 0.3) is 5.91 Å². The number of ether oxygens (including phenoxy) is 1. The Morgan fingerprint density at radius 1 is 1.08 bits per heavy atom. The maximum Gasteiger partial charge on any atom is 0.262 e. The largest absolute Gasteiger partial charge is 0.484 e. The van der Waals surface area contributed by atoms with Crippen molar-refractivity contribution < 1.29 is 9.53 Å². The third kappa shape index (κ3) is 4.42. The molecule has 1 aliphatic heterocycles. The van der Waals surface area contributed by atoms with Crippen LogP contribution in [0.5, 0.6) is 5.75 Å². The van der Waals surface area contributed by atoms with E-state index in [1.165, 1.54) is 19.3 Å². The van der Waals surface area contributed by atoms with Gasteiger partial charge < -0.3 is 15.0 Å². The lowest BCUT2D eigenvalue weighted by Crippen LogP contribution is -2.31. The summed E-state index contributed by atoms with van der Waals surface area (Å²) in [5, 5.41) is 3.54. The van der Waals surface area contributed by atoms with E-state index in [2.05, 4.69) is 10.2 Å². The molecule has 0 aromatic heterocycles. The van der Waals surface area contributed by atoms with E-state index in [9.17, 15) is 4.79 Å². The van der Waals surface area contributed by atoms with E-state index in [4.69, 9.17) is 16.3 Å². The van der Waals surface area contributed by atoms with Crippen LogP contribution in [0.2, 0.25) is 5.02 Å². The Hall–Kier alpha value is -2.20. The molecule has 2 aromatic rings. The molecule has 0 unspecified atom stereocenters. The van der Waals surface area contributed by atoms with E-state index < -0.39 is 0 Å². The Kier molecular flexibility index (Phi) is 5.59. The van der Waals surface area contributed by atoms with Crippen molar-refractivity contribution in [3.05, 3.63) is 53.6 Å². The smallest absolute Gasteiger partial charge is 0.262 e. The van der Waals surface area contributed by atoms with Crippen molar-refractivity contribution in [2.45, 2.75) is 19.3 Å². The van der Waals surface area contributed by atoms with Crippen LogP contribution in [0.4, 0.5) is 11.4 Å². The number of benzene rings is 2. The van der Waals surface area contributed by atoms with Crippen LogP contribution in [0.3, 0.4) is 0 Å². The van der Waals surface area contributed by atoms with Gasteiger partial charge in [-0.25, -0.2) is 0 Å². The molecule has 126 valence electrons. The molecule has 0 saturated carbocycles. The molecule has 0 bridgehead atoms. The Bertz CT molecular complexity index is 685. The van der Waals surface area contributed by atoms with Crippen molar-refractivity contribution in [1.29, 1.82) is 0 Å². The minimum atomic E-state index is -0.195. The molecule has 5 heteroatoms. The third-order valence-corrected chi connectivity index (χ3v) is 4.28. The molecule has 0 radical (unpaired) electrons. The average molecular weight is 345 g/mol. The van der Waals surface area contributed by atoms with Crippen molar-refractivity contribution in [1.82, 2.24) is 0 Å². The topological polar surface area (TPSA) is 41.6 Å². The van der Waals surface area contributed by atoms with Gasteiger partial charge in [-0.05, 0) is 49.6 Å². The normalized spacial score (nSPS) is 14.3. The maximum atomic E-state index is 12.2. The summed E-state index contributed by atoms with van der Waals surface area (Å²) in [5.74, 6) is 0.481. The van der Waals surface area contributed by atoms with Gasteiger partial charge in [-0.2, -0.15) is 0 Å². The summed E-state index contributed by atoms with van der Waals surface area (Å²) in [6.45, 7) is 1.98. The first kappa shape index (κ1) is 16.7. The average Bonchev–Trinajstić information content (AvgIpc) is 2.62. The predicted molar refractivity (Wildman–Crippen MR) is 98.1 cm³/mol. The summed E-state index contributed by atoms with van der Waals surface area (Å²) in [5.41, 5.74) is 1.76. The summed E-state index contributed by atoms with van der Waals surface area (Å²) in [6.07, 6.45) is 3.61. The summed E-state index contributed by atoms with van der Waals surface area (Å²) in [6, 6.07) is 14.9. The van der Waals surface area contributed by atoms with Gasteiger partial charge in [0.2, 0.25) is 0 Å². The number of anilines is 2. The summed E-state index contributed by atoms with van der Waals surface area (Å²) < 4.78 is 5.50. The standard InChI is InChI=1S/C19H21ClN2O2/c20-15-9-10-18(22-11-5-2-6-12-22)17(13-15)21-19(23)14-24-16-7-3-1-4-8-16/h1,3-4,7-10,13H,2,5-6,11-12,14H2,(H,21,23). The first-order chi connectivity index (χ1) is 11.7. The number of nitrogens with zero attached hydrogens (tertiary/aromatic N) is 1. The fraction of sp³-hybridized carbons (Fsp3) is 0.316. The Morgan fingerprint density at radius 3 is 2.58 bits per heavy atom. The minimum absolute atomic E-state index is 0.0318. The highest BCUT2D eigenvalue weighted by molar-refractivity contribution is 6.31. The molecule has 1 fully saturated rings. The van der Waals surface area contributed by atoms with E-state index >= 15 is 0 Å². The number of amides is 1. The van der Waals surface area contributed by atoms with Gasteiger partial charge in [0.1, 0.15) is 5.75 Å². The lowest BCUT2D eigenvalue weighted by Gasteiger charge is -2.30. The molecular weight excluding hydrogens is 324 g/mol. The highest BCUT2D eigenvalue weighted by atomic mass is 35.5. The number of piperidine rings is 1. The zero-order chi connectivity index (χ0) is 16.8. The van der Waals surface area contributed by atoms with E-state index in [1.54, 1.807) is 6.07 Å². The molecule has 0 spiro atoms. The van der Waals surface area contributed by atoms with Crippen LogP contribution in [0.1, 0.15) is 19.3 Å². The molecule has 2 aromatic carbocycles. The van der Waals surface area contributed by atoms with Crippen molar-refractivity contribution in [2.24, 2.45) is 0 Å². The molecule has 1 saturated heterocycles. The number of carbonyl (C=O) groups is 1. The zero-order valence-corrected chi connectivity index (χ0v) is 14.3. The van der Waals surface area contributed by atoms with Crippen molar-refractivity contribution >= 4 is 28.9 Å². The van der Waals surface area contributed by atoms with Crippen LogP contribution < -0.4 is 15.0 Å². The highest BCUT2D eigenvalue weighted by Crippen LogP contribution is 2.31. The molecule has 1 aliphatic rings. The van der Waals surface area contributed by atoms with Gasteiger partial charge in [-0.3, -0.25) is 4.79 Å². The fourth-order valence-electron chi connectivity index (χ4n) is 2.87. The zero-order valence-electron chi connectivity index (χ0n) is 13.5. The SMILES string of the molecule is O=C(COc1ccccc1)Nc1cc(Cl)ccc1N1CCCCC1. The van der Waals surface area contributed by atoms with Gasteiger partial charge >= 0.3 is 0 Å². The van der Waals surface area contributed by atoms with Crippen molar-refractivity contribution in [3.63, 3.8) is 0 Å². The molecule has 1 heterocycles. The van der Waals surface area contributed by atoms with Gasteiger partial charge in [-0.15, -0.1) is 0 Å². The van der Waals surface area contributed by atoms with Crippen molar-refractivity contribution in [3.8, 4) is 5.75 Å². The second-order valence-electron chi connectivity index (χ2n) is 5.86. The van der Waals surface area contributed by atoms with E-state index in [-0.39, 0.29) is 12.5 Å². The molecule has 0 atom stereocenters. The monoisotopic (exact) mass is 344 g/mol. The van der Waals surface area contributed by atoms with E-state index in [1.807, 2.05) is 42.5 Å². The number of hydrogen-bond acceptors (Lipinski definition) is 3. The van der Waals surface area contributed by atoms with Gasteiger partial charge in [0, 0.05) is 18.1 Å². The second-order valence-corrected chi connectivity index (χ2v) is 6.30. The Morgan fingerprint density at radius 2 is 1.83 bits per heavy atom. The molecule has 1 N–H and O–H groups in total. The summed E-state index contributed by atoms with van der Waals surface area (Å²) >= 11 is 6.11. The number of para-hydroxylation sites is 1. The number of carbonyl (C=O) groups excluding carboxylic acids is 1. The highest BCUT2D eigenvalue weighted by Gasteiger charge is 2.16. The predicted octanol–water partition coefficient (Wildman–Crippen LogP) is 4.35. The van der Waals surface area contributed by atoms with Crippen LogP contribution >= 0.6 is 11.6 Å². The van der Waals surface area contributed by atoms with Crippen molar-refractivity contribution in [2.75, 3.05) is 29.9 Å². The van der Waals surface area contributed by atoms with Crippen LogP contribution in [-0.2, 0) is 4.79 Å². The molecule has 24 heavy (non-hydrogen) atoms. The fourth-order valence-corrected chi connectivity index (χ4v) is 3.04. The third-order valence-electron chi connectivity index (χ3n) is 4.04. The van der Waals surface area contributed by atoms with Gasteiger partial charge in [0.05, 0.1) is 11.4 Å². The number of rotatable bonds is 5. The molecule has 0 aliphatic carbocycles. The summed E-state index contributed by atoms with van der Waals surface area (Å²) in [7, 11) is 0.